The number of aldehydes is 1. The molecule has 0 radical (unpaired) electrons. The van der Waals surface area contributed by atoms with Gasteiger partial charge in [-0.1, -0.05) is 18.2 Å². The van der Waals surface area contributed by atoms with Crippen molar-refractivity contribution in [2.45, 2.75) is 12.2 Å². The molecule has 28 heavy (non-hydrogen) atoms. The van der Waals surface area contributed by atoms with Crippen LogP contribution in [0.25, 0.3) is 6.08 Å². The van der Waals surface area contributed by atoms with Crippen molar-refractivity contribution in [3.8, 4) is 23.0 Å². The molecule has 7 nitrogen and oxygen atoms in total. The largest absolute Gasteiger partial charge is 0.504 e. The second kappa shape index (κ2) is 10.3. The van der Waals surface area contributed by atoms with Gasteiger partial charge in [0.05, 0.1) is 20.8 Å². The fourth-order valence-corrected chi connectivity index (χ4v) is 2.77. The van der Waals surface area contributed by atoms with E-state index in [1.165, 1.54) is 33.5 Å². The first-order valence-corrected chi connectivity index (χ1v) is 8.55. The number of phenolic OH excluding ortho intramolecular Hbond substituents is 1. The van der Waals surface area contributed by atoms with Gasteiger partial charge in [0.15, 0.2) is 29.1 Å². The molecule has 0 unspecified atom stereocenters. The summed E-state index contributed by atoms with van der Waals surface area (Å²) < 4.78 is 22.0. The molecule has 2 aromatic rings. The zero-order valence-electron chi connectivity index (χ0n) is 16.0. The van der Waals surface area contributed by atoms with Crippen LogP contribution < -0.4 is 14.2 Å². The van der Waals surface area contributed by atoms with Crippen molar-refractivity contribution in [2.75, 3.05) is 27.9 Å². The molecule has 0 saturated heterocycles. The van der Waals surface area contributed by atoms with Crippen molar-refractivity contribution in [1.29, 1.82) is 0 Å². The lowest BCUT2D eigenvalue weighted by Gasteiger charge is -2.27. The molecule has 2 aromatic carbocycles. The average molecular weight is 388 g/mol. The Labute approximate surface area is 163 Å². The number of aliphatic hydroxyl groups excluding tert-OH is 1. The van der Waals surface area contributed by atoms with E-state index >= 15 is 0 Å². The zero-order valence-corrected chi connectivity index (χ0v) is 16.0. The smallest absolute Gasteiger partial charge is 0.161 e. The van der Waals surface area contributed by atoms with Crippen LogP contribution >= 0.6 is 0 Å². The molecule has 7 heteroatoms. The second-order valence-electron chi connectivity index (χ2n) is 5.83. The summed E-state index contributed by atoms with van der Waals surface area (Å²) in [6.45, 7) is -0.322. The van der Waals surface area contributed by atoms with Crippen LogP contribution in [0, 0.1) is 0 Å². The van der Waals surface area contributed by atoms with E-state index in [0.29, 0.717) is 29.1 Å². The van der Waals surface area contributed by atoms with E-state index in [-0.39, 0.29) is 12.4 Å². The predicted octanol–water partition coefficient (Wildman–Crippen LogP) is 2.75. The minimum atomic E-state index is -0.746. The lowest BCUT2D eigenvalue weighted by molar-refractivity contribution is -0.104. The summed E-state index contributed by atoms with van der Waals surface area (Å²) in [7, 11) is 4.45. The lowest BCUT2D eigenvalue weighted by atomic mass is 10.0. The minimum absolute atomic E-state index is 0.00297. The van der Waals surface area contributed by atoms with Gasteiger partial charge >= 0.3 is 0 Å². The maximum atomic E-state index is 10.5. The van der Waals surface area contributed by atoms with Crippen LogP contribution in [0.4, 0.5) is 0 Å². The van der Waals surface area contributed by atoms with Crippen LogP contribution in [0.15, 0.2) is 42.5 Å². The quantitative estimate of drug-likeness (QED) is 0.477. The zero-order chi connectivity index (χ0) is 20.5. The summed E-state index contributed by atoms with van der Waals surface area (Å²) in [5, 5.41) is 19.7. The fourth-order valence-electron chi connectivity index (χ4n) is 2.77. The molecular formula is C21H24O7. The topological polar surface area (TPSA) is 94.5 Å². The van der Waals surface area contributed by atoms with Crippen LogP contribution in [0.3, 0.4) is 0 Å². The van der Waals surface area contributed by atoms with Crippen molar-refractivity contribution in [3.63, 3.8) is 0 Å². The first-order chi connectivity index (χ1) is 13.6. The molecule has 0 amide bonds. The molecular weight excluding hydrogens is 364 g/mol. The number of hydrogen-bond donors (Lipinski definition) is 2. The van der Waals surface area contributed by atoms with Gasteiger partial charge in [0, 0.05) is 7.11 Å². The Hall–Kier alpha value is -3.03. The van der Waals surface area contributed by atoms with Gasteiger partial charge in [0.25, 0.3) is 0 Å². The van der Waals surface area contributed by atoms with Gasteiger partial charge in [0.2, 0.25) is 0 Å². The maximum Gasteiger partial charge on any atom is 0.161 e. The second-order valence-corrected chi connectivity index (χ2v) is 5.83. The number of hydrogen-bond acceptors (Lipinski definition) is 7. The van der Waals surface area contributed by atoms with Crippen molar-refractivity contribution in [3.05, 3.63) is 53.6 Å². The summed E-state index contributed by atoms with van der Waals surface area (Å²) in [6.07, 6.45) is 2.34. The van der Waals surface area contributed by atoms with E-state index in [1.54, 1.807) is 36.4 Å². The number of methoxy groups -OCH3 is 3. The molecule has 0 saturated carbocycles. The van der Waals surface area contributed by atoms with E-state index in [2.05, 4.69) is 0 Å². The number of carbonyl (C=O) groups is 1. The van der Waals surface area contributed by atoms with Crippen LogP contribution in [0.5, 0.6) is 23.0 Å². The molecule has 2 N–H and O–H groups in total. The molecule has 2 rings (SSSR count). The number of benzene rings is 2. The fraction of sp³-hybridized carbons (Fsp3) is 0.286. The highest BCUT2D eigenvalue weighted by molar-refractivity contribution is 5.74. The highest BCUT2D eigenvalue weighted by Crippen LogP contribution is 2.35. The molecule has 0 aliphatic rings. The molecule has 0 aliphatic carbocycles. The molecule has 0 aliphatic heterocycles. The van der Waals surface area contributed by atoms with Gasteiger partial charge in [-0.15, -0.1) is 0 Å². The van der Waals surface area contributed by atoms with E-state index in [4.69, 9.17) is 18.9 Å². The third-order valence-electron chi connectivity index (χ3n) is 4.14. The van der Waals surface area contributed by atoms with Crippen molar-refractivity contribution < 1.29 is 34.0 Å². The monoisotopic (exact) mass is 388 g/mol. The molecule has 0 bridgehead atoms. The van der Waals surface area contributed by atoms with Gasteiger partial charge < -0.3 is 29.2 Å². The molecule has 0 fully saturated rings. The highest BCUT2D eigenvalue weighted by atomic mass is 16.6. The Balaban J connectivity index is 2.31. The number of aliphatic hydroxyl groups is 1. The summed E-state index contributed by atoms with van der Waals surface area (Å²) >= 11 is 0. The number of rotatable bonds is 10. The minimum Gasteiger partial charge on any atom is -0.504 e. The number of phenols is 1. The summed E-state index contributed by atoms with van der Waals surface area (Å²) in [6, 6.07) is 9.95. The highest BCUT2D eigenvalue weighted by Gasteiger charge is 2.26. The normalized spacial score (nSPS) is 13.1. The van der Waals surface area contributed by atoms with Gasteiger partial charge in [0.1, 0.15) is 12.4 Å². The summed E-state index contributed by atoms with van der Waals surface area (Å²) in [5.74, 6) is 1.16. The number of ether oxygens (including phenoxy) is 4. The third kappa shape index (κ3) is 5.03. The van der Waals surface area contributed by atoms with Crippen LogP contribution in [0.1, 0.15) is 17.2 Å². The summed E-state index contributed by atoms with van der Waals surface area (Å²) in [4.78, 5) is 10.5. The Morgan fingerprint density at radius 3 is 2.36 bits per heavy atom. The Morgan fingerprint density at radius 1 is 1.00 bits per heavy atom. The van der Waals surface area contributed by atoms with Crippen LogP contribution in [-0.4, -0.2) is 50.5 Å². The van der Waals surface area contributed by atoms with Crippen molar-refractivity contribution in [1.82, 2.24) is 0 Å². The van der Waals surface area contributed by atoms with Gasteiger partial charge in [-0.2, -0.15) is 0 Å². The molecule has 0 spiro atoms. The molecule has 0 aromatic heterocycles. The summed E-state index contributed by atoms with van der Waals surface area (Å²) in [5.41, 5.74) is 1.43. The van der Waals surface area contributed by atoms with Crippen molar-refractivity contribution >= 4 is 12.4 Å². The average Bonchev–Trinajstić information content (AvgIpc) is 2.73. The van der Waals surface area contributed by atoms with E-state index in [0.717, 1.165) is 5.56 Å². The first kappa shape index (κ1) is 21.3. The standard InChI is InChI=1S/C21H24O7/c1-25-18-12-15(7-8-16(18)24)21(27-3)20(13-23)28-17-9-6-14(5-4-10-22)11-19(17)26-2/h4-12,20-21,23-24H,13H2,1-3H3/t20-,21-/m0/s1. The molecule has 0 heterocycles. The Bertz CT molecular complexity index is 816. The van der Waals surface area contributed by atoms with E-state index in [9.17, 15) is 15.0 Å². The number of allylic oxidation sites excluding steroid dienone is 1. The van der Waals surface area contributed by atoms with E-state index < -0.39 is 12.2 Å². The van der Waals surface area contributed by atoms with Crippen LogP contribution in [0.2, 0.25) is 0 Å². The Kier molecular flexibility index (Phi) is 7.86. The number of carbonyl (C=O) groups excluding carboxylic acids is 1. The lowest BCUT2D eigenvalue weighted by Crippen LogP contribution is -2.30. The first-order valence-electron chi connectivity index (χ1n) is 8.55. The third-order valence-corrected chi connectivity index (χ3v) is 4.14. The predicted molar refractivity (Wildman–Crippen MR) is 104 cm³/mol. The van der Waals surface area contributed by atoms with Gasteiger partial charge in [-0.3, -0.25) is 4.79 Å². The Morgan fingerprint density at radius 2 is 1.75 bits per heavy atom. The maximum absolute atomic E-state index is 10.5. The van der Waals surface area contributed by atoms with E-state index in [1.807, 2.05) is 0 Å². The van der Waals surface area contributed by atoms with Crippen LogP contribution in [-0.2, 0) is 9.53 Å². The SMILES string of the molecule is COc1cc([C@H](OC)[C@H](CO)Oc2ccc(C=CC=O)cc2OC)ccc1O. The molecule has 2 atom stereocenters. The van der Waals surface area contributed by atoms with Gasteiger partial charge in [-0.25, -0.2) is 0 Å². The molecule has 150 valence electrons. The van der Waals surface area contributed by atoms with Crippen molar-refractivity contribution in [2.24, 2.45) is 0 Å². The van der Waals surface area contributed by atoms with Gasteiger partial charge in [-0.05, 0) is 41.5 Å². The number of aromatic hydroxyl groups is 1.